The van der Waals surface area contributed by atoms with Gasteiger partial charge < -0.3 is 16.3 Å². The second-order valence-corrected chi connectivity index (χ2v) is 2.00. The van der Waals surface area contributed by atoms with E-state index in [9.17, 15) is 4.79 Å². The molecule has 4 heteroatoms. The van der Waals surface area contributed by atoms with Gasteiger partial charge in [-0.3, -0.25) is 4.99 Å². The molecule has 0 spiro atoms. The number of aldehydes is 1. The van der Waals surface area contributed by atoms with Crippen LogP contribution in [0, 0.1) is 0 Å². The van der Waals surface area contributed by atoms with E-state index in [1.807, 2.05) is 0 Å². The van der Waals surface area contributed by atoms with Gasteiger partial charge in [0.15, 0.2) is 0 Å². The summed E-state index contributed by atoms with van der Waals surface area (Å²) in [7, 11) is 0. The van der Waals surface area contributed by atoms with Crippen molar-refractivity contribution in [1.82, 2.24) is 0 Å². The maximum Gasteiger partial charge on any atom is 0.136 e. The summed E-state index contributed by atoms with van der Waals surface area (Å²) in [4.78, 5) is 13.7. The molecule has 0 saturated heterocycles. The average Bonchev–Trinajstić information content (AvgIpc) is 1.98. The van der Waals surface area contributed by atoms with Crippen LogP contribution in [-0.4, -0.2) is 25.2 Å². The zero-order valence-electron chi connectivity index (χ0n) is 5.86. The quantitative estimate of drug-likeness (QED) is 0.230. The first kappa shape index (κ1) is 9.10. The molecule has 0 radical (unpaired) electrons. The standard InChI is InChI=1S/C6H13N3O/c7-5-9-3-1-2-6(8)4-10/h4-6H,1-3,8H2,(H2,7,9). The van der Waals surface area contributed by atoms with Crippen molar-refractivity contribution in [2.24, 2.45) is 16.5 Å². The van der Waals surface area contributed by atoms with E-state index in [-0.39, 0.29) is 6.04 Å². The highest BCUT2D eigenvalue weighted by Gasteiger charge is 1.96. The van der Waals surface area contributed by atoms with Gasteiger partial charge in [-0.25, -0.2) is 0 Å². The molecule has 0 amide bonds. The molecule has 0 fully saturated rings. The third-order valence-electron chi connectivity index (χ3n) is 1.10. The third kappa shape index (κ3) is 5.24. The highest BCUT2D eigenvalue weighted by atomic mass is 16.1. The summed E-state index contributed by atoms with van der Waals surface area (Å²) in [6, 6.07) is -0.340. The van der Waals surface area contributed by atoms with Gasteiger partial charge in [0.25, 0.3) is 0 Å². The number of hydrogen-bond acceptors (Lipinski definition) is 3. The molecule has 0 aromatic carbocycles. The lowest BCUT2D eigenvalue weighted by atomic mass is 10.2. The van der Waals surface area contributed by atoms with Crippen molar-refractivity contribution < 1.29 is 4.79 Å². The molecule has 1 unspecified atom stereocenters. The minimum absolute atomic E-state index is 0.340. The van der Waals surface area contributed by atoms with Crippen molar-refractivity contribution in [2.75, 3.05) is 6.54 Å². The molecule has 4 nitrogen and oxygen atoms in total. The fourth-order valence-corrected chi connectivity index (χ4v) is 0.561. The van der Waals surface area contributed by atoms with Gasteiger partial charge in [0.1, 0.15) is 6.29 Å². The topological polar surface area (TPSA) is 81.5 Å². The summed E-state index contributed by atoms with van der Waals surface area (Å²) in [6.07, 6.45) is 3.49. The van der Waals surface area contributed by atoms with Gasteiger partial charge in [0.05, 0.1) is 12.4 Å². The van der Waals surface area contributed by atoms with Gasteiger partial charge in [0, 0.05) is 6.54 Å². The summed E-state index contributed by atoms with van der Waals surface area (Å²) in [5.74, 6) is 0. The smallest absolute Gasteiger partial charge is 0.136 e. The molecule has 0 bridgehead atoms. The SMILES string of the molecule is NC=NCCCC(N)C=O. The molecule has 0 aromatic rings. The first-order chi connectivity index (χ1) is 4.81. The number of aliphatic imine (C=N–C) groups is 1. The van der Waals surface area contributed by atoms with Crippen molar-refractivity contribution in [1.29, 1.82) is 0 Å². The number of nitrogens with zero attached hydrogens (tertiary/aromatic N) is 1. The van der Waals surface area contributed by atoms with Gasteiger partial charge in [-0.2, -0.15) is 0 Å². The number of carbonyl (C=O) groups excluding carboxylic acids is 1. The second kappa shape index (κ2) is 6.22. The van der Waals surface area contributed by atoms with Gasteiger partial charge in [-0.1, -0.05) is 0 Å². The van der Waals surface area contributed by atoms with E-state index >= 15 is 0 Å². The molecule has 58 valence electrons. The Morgan fingerprint density at radius 1 is 1.60 bits per heavy atom. The number of hydrogen-bond donors (Lipinski definition) is 2. The fraction of sp³-hybridized carbons (Fsp3) is 0.667. The van der Waals surface area contributed by atoms with Crippen LogP contribution in [-0.2, 0) is 4.79 Å². The highest BCUT2D eigenvalue weighted by molar-refractivity contribution is 5.56. The van der Waals surface area contributed by atoms with Crippen LogP contribution in [0.3, 0.4) is 0 Å². The average molecular weight is 143 g/mol. The van der Waals surface area contributed by atoms with Crippen LogP contribution in [0.15, 0.2) is 4.99 Å². The number of carbonyl (C=O) groups is 1. The molecule has 10 heavy (non-hydrogen) atoms. The van der Waals surface area contributed by atoms with E-state index in [2.05, 4.69) is 4.99 Å². The van der Waals surface area contributed by atoms with Crippen LogP contribution in [0.5, 0.6) is 0 Å². The Labute approximate surface area is 60.3 Å². The highest BCUT2D eigenvalue weighted by Crippen LogP contribution is 1.90. The van der Waals surface area contributed by atoms with Crippen molar-refractivity contribution in [3.8, 4) is 0 Å². The van der Waals surface area contributed by atoms with E-state index in [1.54, 1.807) is 0 Å². The van der Waals surface area contributed by atoms with Gasteiger partial charge in [0.2, 0.25) is 0 Å². The number of nitrogens with two attached hydrogens (primary N) is 2. The Morgan fingerprint density at radius 3 is 2.80 bits per heavy atom. The molecule has 1 atom stereocenters. The predicted octanol–water partition coefficient (Wildman–Crippen LogP) is -0.720. The van der Waals surface area contributed by atoms with Crippen LogP contribution in [0.4, 0.5) is 0 Å². The van der Waals surface area contributed by atoms with E-state index in [0.29, 0.717) is 13.0 Å². The summed E-state index contributed by atoms with van der Waals surface area (Å²) in [5, 5.41) is 0. The summed E-state index contributed by atoms with van der Waals surface area (Å²) < 4.78 is 0. The molecule has 0 aliphatic carbocycles. The largest absolute Gasteiger partial charge is 0.390 e. The van der Waals surface area contributed by atoms with Crippen molar-refractivity contribution in [3.05, 3.63) is 0 Å². The molecular weight excluding hydrogens is 130 g/mol. The molecule has 0 aromatic heterocycles. The van der Waals surface area contributed by atoms with Gasteiger partial charge >= 0.3 is 0 Å². The first-order valence-electron chi connectivity index (χ1n) is 3.22. The van der Waals surface area contributed by atoms with Crippen LogP contribution < -0.4 is 11.5 Å². The summed E-state index contributed by atoms with van der Waals surface area (Å²) in [6.45, 7) is 0.651. The predicted molar refractivity (Wildman–Crippen MR) is 40.8 cm³/mol. The number of rotatable bonds is 5. The second-order valence-electron chi connectivity index (χ2n) is 2.00. The van der Waals surface area contributed by atoms with E-state index in [0.717, 1.165) is 12.7 Å². The molecule has 0 aliphatic heterocycles. The van der Waals surface area contributed by atoms with Crippen LogP contribution in [0.25, 0.3) is 0 Å². The van der Waals surface area contributed by atoms with Crippen molar-refractivity contribution >= 4 is 12.6 Å². The Kier molecular flexibility index (Phi) is 5.66. The Morgan fingerprint density at radius 2 is 2.30 bits per heavy atom. The Balaban J connectivity index is 3.11. The lowest BCUT2D eigenvalue weighted by molar-refractivity contribution is -0.109. The van der Waals surface area contributed by atoms with Gasteiger partial charge in [-0.15, -0.1) is 0 Å². The minimum Gasteiger partial charge on any atom is -0.390 e. The molecule has 4 N–H and O–H groups in total. The maximum atomic E-state index is 9.98. The molecule has 0 aliphatic rings. The third-order valence-corrected chi connectivity index (χ3v) is 1.10. The Bertz CT molecular complexity index is 114. The first-order valence-corrected chi connectivity index (χ1v) is 3.22. The lowest BCUT2D eigenvalue weighted by Gasteiger charge is -1.99. The van der Waals surface area contributed by atoms with E-state index < -0.39 is 0 Å². The minimum atomic E-state index is -0.340. The summed E-state index contributed by atoms with van der Waals surface area (Å²) >= 11 is 0. The van der Waals surface area contributed by atoms with Crippen molar-refractivity contribution in [2.45, 2.75) is 18.9 Å². The van der Waals surface area contributed by atoms with Crippen LogP contribution >= 0.6 is 0 Å². The van der Waals surface area contributed by atoms with Crippen molar-refractivity contribution in [3.63, 3.8) is 0 Å². The Hall–Kier alpha value is -0.900. The van der Waals surface area contributed by atoms with E-state index in [1.165, 1.54) is 6.34 Å². The van der Waals surface area contributed by atoms with Crippen LogP contribution in [0.2, 0.25) is 0 Å². The zero-order valence-corrected chi connectivity index (χ0v) is 5.86. The lowest BCUT2D eigenvalue weighted by Crippen LogP contribution is -2.21. The normalized spacial score (nSPS) is 13.7. The molecule has 0 saturated carbocycles. The maximum absolute atomic E-state index is 9.98. The zero-order chi connectivity index (χ0) is 7.82. The van der Waals surface area contributed by atoms with Gasteiger partial charge in [-0.05, 0) is 12.8 Å². The monoisotopic (exact) mass is 143 g/mol. The van der Waals surface area contributed by atoms with Crippen LogP contribution in [0.1, 0.15) is 12.8 Å². The van der Waals surface area contributed by atoms with E-state index in [4.69, 9.17) is 11.5 Å². The molecule has 0 heterocycles. The fourth-order valence-electron chi connectivity index (χ4n) is 0.561. The molecule has 0 rings (SSSR count). The molecular formula is C6H13N3O. The summed E-state index contributed by atoms with van der Waals surface area (Å²) in [5.41, 5.74) is 10.3.